The zero-order valence-electron chi connectivity index (χ0n) is 17.3. The Morgan fingerprint density at radius 3 is 2.80 bits per heavy atom. The minimum atomic E-state index is -0.104. The molecule has 1 aliphatic heterocycles. The van der Waals surface area contributed by atoms with Gasteiger partial charge >= 0.3 is 0 Å². The maximum atomic E-state index is 12.8. The molecule has 0 saturated heterocycles. The van der Waals surface area contributed by atoms with E-state index in [0.29, 0.717) is 62.0 Å². The standard InChI is InChI=1S/C21H28ClN5O3/c1-25-9-2-3-10-26(20(28)6-4-12-27-16-23-15-24-27)11-5-13-30-19-8-7-17(22)14-18(19)21(25)29/h7-8,14-16H,2-6,9-13H2,1H3. The largest absolute Gasteiger partial charge is 0.493 e. The highest BCUT2D eigenvalue weighted by atomic mass is 35.5. The molecule has 1 aromatic carbocycles. The zero-order chi connectivity index (χ0) is 21.3. The van der Waals surface area contributed by atoms with E-state index in [4.69, 9.17) is 16.3 Å². The fourth-order valence-electron chi connectivity index (χ4n) is 3.45. The van der Waals surface area contributed by atoms with E-state index in [1.54, 1.807) is 41.2 Å². The molecule has 2 aromatic rings. The summed E-state index contributed by atoms with van der Waals surface area (Å²) in [4.78, 5) is 33.0. The molecular formula is C21H28ClN5O3. The number of aromatic nitrogens is 3. The average Bonchev–Trinajstić information content (AvgIpc) is 3.25. The molecule has 0 spiro atoms. The van der Waals surface area contributed by atoms with Gasteiger partial charge in [-0.05, 0) is 43.9 Å². The maximum absolute atomic E-state index is 12.8. The summed E-state index contributed by atoms with van der Waals surface area (Å²) in [6.07, 6.45) is 6.71. The summed E-state index contributed by atoms with van der Waals surface area (Å²) in [6.45, 7) is 3.03. The predicted molar refractivity (Wildman–Crippen MR) is 114 cm³/mol. The lowest BCUT2D eigenvalue weighted by molar-refractivity contribution is -0.131. The van der Waals surface area contributed by atoms with Crippen LogP contribution in [0.25, 0.3) is 0 Å². The summed E-state index contributed by atoms with van der Waals surface area (Å²) in [7, 11) is 1.78. The van der Waals surface area contributed by atoms with Crippen molar-refractivity contribution in [3.63, 3.8) is 0 Å². The molecule has 0 saturated carbocycles. The number of nitrogens with zero attached hydrogens (tertiary/aromatic N) is 5. The van der Waals surface area contributed by atoms with Crippen LogP contribution in [0, 0.1) is 0 Å². The molecule has 9 heteroatoms. The van der Waals surface area contributed by atoms with Crippen molar-refractivity contribution in [1.82, 2.24) is 24.6 Å². The molecule has 0 atom stereocenters. The number of rotatable bonds is 4. The first-order valence-electron chi connectivity index (χ1n) is 10.3. The van der Waals surface area contributed by atoms with Gasteiger partial charge in [0, 0.05) is 44.7 Å². The smallest absolute Gasteiger partial charge is 0.257 e. The fourth-order valence-corrected chi connectivity index (χ4v) is 3.62. The van der Waals surface area contributed by atoms with Crippen molar-refractivity contribution < 1.29 is 14.3 Å². The first-order valence-corrected chi connectivity index (χ1v) is 10.7. The number of carbonyl (C=O) groups excluding carboxylic acids is 2. The Balaban J connectivity index is 1.60. The number of aryl methyl sites for hydroxylation is 1. The van der Waals surface area contributed by atoms with E-state index >= 15 is 0 Å². The van der Waals surface area contributed by atoms with Crippen LogP contribution in [0.5, 0.6) is 5.75 Å². The molecule has 3 rings (SSSR count). The van der Waals surface area contributed by atoms with Crippen LogP contribution in [0.2, 0.25) is 5.02 Å². The number of hydrogen-bond donors (Lipinski definition) is 0. The summed E-state index contributed by atoms with van der Waals surface area (Å²) < 4.78 is 7.60. The third-order valence-electron chi connectivity index (χ3n) is 5.12. The van der Waals surface area contributed by atoms with Gasteiger partial charge in [-0.2, -0.15) is 5.10 Å². The highest BCUT2D eigenvalue weighted by Gasteiger charge is 2.19. The van der Waals surface area contributed by atoms with Crippen LogP contribution < -0.4 is 4.74 Å². The molecule has 0 N–H and O–H groups in total. The van der Waals surface area contributed by atoms with Crippen molar-refractivity contribution in [3.05, 3.63) is 41.4 Å². The van der Waals surface area contributed by atoms with E-state index in [0.717, 1.165) is 19.3 Å². The quantitative estimate of drug-likeness (QED) is 0.740. The Bertz CT molecular complexity index is 843. The Labute approximate surface area is 181 Å². The van der Waals surface area contributed by atoms with Crippen molar-refractivity contribution in [1.29, 1.82) is 0 Å². The number of fused-ring (bicyclic) bond motifs is 1. The van der Waals surface area contributed by atoms with E-state index in [1.165, 1.54) is 6.33 Å². The molecule has 0 fully saturated rings. The third-order valence-corrected chi connectivity index (χ3v) is 5.35. The average molecular weight is 434 g/mol. The number of halogens is 1. The minimum absolute atomic E-state index is 0.104. The Morgan fingerprint density at radius 1 is 1.20 bits per heavy atom. The van der Waals surface area contributed by atoms with Gasteiger partial charge in [0.15, 0.2) is 0 Å². The highest BCUT2D eigenvalue weighted by Crippen LogP contribution is 2.25. The summed E-state index contributed by atoms with van der Waals surface area (Å²) in [5.41, 5.74) is 0.477. The van der Waals surface area contributed by atoms with E-state index in [2.05, 4.69) is 10.1 Å². The van der Waals surface area contributed by atoms with Gasteiger partial charge in [-0.15, -0.1) is 0 Å². The Kier molecular flexibility index (Phi) is 8.07. The zero-order valence-corrected chi connectivity index (χ0v) is 18.1. The first kappa shape index (κ1) is 22.1. The lowest BCUT2D eigenvalue weighted by atomic mass is 10.1. The molecule has 1 aliphatic rings. The van der Waals surface area contributed by atoms with Crippen molar-refractivity contribution in [3.8, 4) is 5.75 Å². The SMILES string of the molecule is CN1CCCCN(C(=O)CCCn2cncn2)CCCOc2ccc(Cl)cc2C1=O. The van der Waals surface area contributed by atoms with Crippen LogP contribution in [-0.2, 0) is 11.3 Å². The van der Waals surface area contributed by atoms with Gasteiger partial charge in [-0.3, -0.25) is 14.3 Å². The summed E-state index contributed by atoms with van der Waals surface area (Å²) >= 11 is 6.09. The van der Waals surface area contributed by atoms with Crippen molar-refractivity contribution in [2.45, 2.75) is 38.6 Å². The third kappa shape index (κ3) is 6.19. The Morgan fingerprint density at radius 2 is 2.00 bits per heavy atom. The molecule has 8 nitrogen and oxygen atoms in total. The van der Waals surface area contributed by atoms with Gasteiger partial charge in [0.05, 0.1) is 12.2 Å². The number of carbonyl (C=O) groups is 2. The van der Waals surface area contributed by atoms with Gasteiger partial charge in [0.2, 0.25) is 5.91 Å². The van der Waals surface area contributed by atoms with Gasteiger partial charge in [0.25, 0.3) is 5.91 Å². The molecule has 2 amide bonds. The fraction of sp³-hybridized carbons (Fsp3) is 0.524. The topological polar surface area (TPSA) is 80.6 Å². The monoisotopic (exact) mass is 433 g/mol. The van der Waals surface area contributed by atoms with Crippen molar-refractivity contribution >= 4 is 23.4 Å². The van der Waals surface area contributed by atoms with Gasteiger partial charge in [0.1, 0.15) is 18.4 Å². The van der Waals surface area contributed by atoms with Crippen LogP contribution in [0.3, 0.4) is 0 Å². The second-order valence-corrected chi connectivity index (χ2v) is 7.86. The second-order valence-electron chi connectivity index (χ2n) is 7.42. The van der Waals surface area contributed by atoms with Crippen LogP contribution in [0.4, 0.5) is 0 Å². The van der Waals surface area contributed by atoms with Crippen LogP contribution >= 0.6 is 11.6 Å². The second kappa shape index (κ2) is 11.0. The van der Waals surface area contributed by atoms with Crippen molar-refractivity contribution in [2.75, 3.05) is 33.3 Å². The molecule has 2 heterocycles. The van der Waals surface area contributed by atoms with E-state index in [9.17, 15) is 9.59 Å². The molecule has 1 aromatic heterocycles. The summed E-state index contributed by atoms with van der Waals surface area (Å²) in [5, 5.41) is 4.57. The van der Waals surface area contributed by atoms with Crippen LogP contribution in [0.1, 0.15) is 42.5 Å². The number of amides is 2. The molecule has 30 heavy (non-hydrogen) atoms. The lowest BCUT2D eigenvalue weighted by Gasteiger charge is -2.23. The van der Waals surface area contributed by atoms with Gasteiger partial charge < -0.3 is 14.5 Å². The van der Waals surface area contributed by atoms with Gasteiger partial charge in [-0.1, -0.05) is 11.6 Å². The molecule has 162 valence electrons. The minimum Gasteiger partial charge on any atom is -0.493 e. The molecule has 0 unspecified atom stereocenters. The highest BCUT2D eigenvalue weighted by molar-refractivity contribution is 6.31. The number of hydrogen-bond acceptors (Lipinski definition) is 5. The Hall–Kier alpha value is -2.61. The molecule has 0 aliphatic carbocycles. The summed E-state index contributed by atoms with van der Waals surface area (Å²) in [5.74, 6) is 0.565. The normalized spacial score (nSPS) is 16.1. The van der Waals surface area contributed by atoms with E-state index < -0.39 is 0 Å². The maximum Gasteiger partial charge on any atom is 0.257 e. The number of ether oxygens (including phenoxy) is 1. The number of benzene rings is 1. The molecule has 0 bridgehead atoms. The molecular weight excluding hydrogens is 406 g/mol. The van der Waals surface area contributed by atoms with Crippen LogP contribution in [-0.4, -0.2) is 69.7 Å². The van der Waals surface area contributed by atoms with Crippen LogP contribution in [0.15, 0.2) is 30.9 Å². The van der Waals surface area contributed by atoms with E-state index in [1.807, 2.05) is 4.90 Å². The van der Waals surface area contributed by atoms with Gasteiger partial charge in [-0.25, -0.2) is 4.98 Å². The first-order chi connectivity index (χ1) is 14.5. The summed E-state index contributed by atoms with van der Waals surface area (Å²) in [6, 6.07) is 5.10. The predicted octanol–water partition coefficient (Wildman–Crippen LogP) is 2.88. The van der Waals surface area contributed by atoms with E-state index in [-0.39, 0.29) is 11.8 Å². The van der Waals surface area contributed by atoms with Crippen molar-refractivity contribution in [2.24, 2.45) is 0 Å². The molecule has 0 radical (unpaired) electrons. The lowest BCUT2D eigenvalue weighted by Crippen LogP contribution is -2.34.